The van der Waals surface area contributed by atoms with Crippen LogP contribution in [-0.4, -0.2) is 15.9 Å². The molecule has 0 saturated heterocycles. The van der Waals surface area contributed by atoms with Gasteiger partial charge < -0.3 is 4.52 Å². The second-order valence-electron chi connectivity index (χ2n) is 5.81. The van der Waals surface area contributed by atoms with Crippen LogP contribution in [0.4, 0.5) is 4.39 Å². The number of nitrogens with zero attached hydrogens (tertiary/aromatic N) is 2. The van der Waals surface area contributed by atoms with Crippen molar-refractivity contribution < 1.29 is 13.7 Å². The summed E-state index contributed by atoms with van der Waals surface area (Å²) in [5.74, 6) is 0.0103. The second-order valence-corrected chi connectivity index (χ2v) is 6.25. The highest BCUT2D eigenvalue weighted by atomic mass is 35.5. The monoisotopic (exact) mass is 378 g/mol. The summed E-state index contributed by atoms with van der Waals surface area (Å²) in [4.78, 5) is 17.2. The van der Waals surface area contributed by atoms with Gasteiger partial charge in [-0.05, 0) is 54.6 Å². The molecule has 3 aromatic carbocycles. The van der Waals surface area contributed by atoms with E-state index in [1.807, 2.05) is 0 Å². The average molecular weight is 379 g/mol. The zero-order valence-electron chi connectivity index (χ0n) is 13.9. The average Bonchev–Trinajstić information content (AvgIpc) is 3.19. The van der Waals surface area contributed by atoms with Gasteiger partial charge in [-0.3, -0.25) is 4.79 Å². The molecule has 0 aliphatic carbocycles. The molecule has 4 aromatic rings. The molecule has 0 radical (unpaired) electrons. The molecule has 0 atom stereocenters. The lowest BCUT2D eigenvalue weighted by molar-refractivity contribution is 0.103. The number of benzene rings is 3. The van der Waals surface area contributed by atoms with Crippen LogP contribution in [0.2, 0.25) is 5.02 Å². The van der Waals surface area contributed by atoms with E-state index in [9.17, 15) is 9.18 Å². The van der Waals surface area contributed by atoms with Gasteiger partial charge in [-0.2, -0.15) is 4.98 Å². The molecule has 0 unspecified atom stereocenters. The predicted molar refractivity (Wildman–Crippen MR) is 100 cm³/mol. The van der Waals surface area contributed by atoms with Crippen molar-refractivity contribution in [1.82, 2.24) is 10.1 Å². The zero-order valence-corrected chi connectivity index (χ0v) is 14.7. The highest BCUT2D eigenvalue weighted by Gasteiger charge is 2.19. The second kappa shape index (κ2) is 7.13. The Bertz CT molecular complexity index is 1110. The first-order valence-electron chi connectivity index (χ1n) is 8.11. The van der Waals surface area contributed by atoms with Gasteiger partial charge >= 0.3 is 0 Å². The fourth-order valence-electron chi connectivity index (χ4n) is 2.67. The Kier molecular flexibility index (Phi) is 4.52. The van der Waals surface area contributed by atoms with E-state index in [0.717, 1.165) is 0 Å². The molecular formula is C21H12ClFN2O2. The van der Waals surface area contributed by atoms with Gasteiger partial charge in [-0.25, -0.2) is 4.39 Å². The molecule has 132 valence electrons. The van der Waals surface area contributed by atoms with Crippen LogP contribution < -0.4 is 0 Å². The number of halogens is 2. The Morgan fingerprint density at radius 1 is 0.926 bits per heavy atom. The van der Waals surface area contributed by atoms with Crippen LogP contribution in [0.1, 0.15) is 15.9 Å². The molecule has 1 aromatic heterocycles. The molecule has 0 amide bonds. The van der Waals surface area contributed by atoms with Crippen LogP contribution in [0.25, 0.3) is 22.8 Å². The minimum atomic E-state index is -0.346. The molecule has 0 aliphatic heterocycles. The van der Waals surface area contributed by atoms with Crippen LogP contribution in [0.3, 0.4) is 0 Å². The molecule has 27 heavy (non-hydrogen) atoms. The Hall–Kier alpha value is -3.31. The van der Waals surface area contributed by atoms with Gasteiger partial charge in [-0.15, -0.1) is 0 Å². The lowest BCUT2D eigenvalue weighted by atomic mass is 9.98. The van der Waals surface area contributed by atoms with Gasteiger partial charge in [-0.1, -0.05) is 35.0 Å². The number of rotatable bonds is 4. The Morgan fingerprint density at radius 3 is 2.37 bits per heavy atom. The van der Waals surface area contributed by atoms with Gasteiger partial charge in [0.05, 0.1) is 5.56 Å². The third-order valence-electron chi connectivity index (χ3n) is 4.04. The van der Waals surface area contributed by atoms with Crippen LogP contribution in [0.15, 0.2) is 77.3 Å². The van der Waals surface area contributed by atoms with E-state index < -0.39 is 0 Å². The first kappa shape index (κ1) is 17.1. The minimum absolute atomic E-state index is 0.177. The molecule has 4 nitrogen and oxygen atoms in total. The Balaban J connectivity index is 1.72. The van der Waals surface area contributed by atoms with Crippen molar-refractivity contribution in [3.05, 3.63) is 94.8 Å². The highest BCUT2D eigenvalue weighted by molar-refractivity contribution is 6.30. The molecule has 0 aliphatic rings. The molecule has 6 heteroatoms. The van der Waals surface area contributed by atoms with Crippen LogP contribution in [0, 0.1) is 5.82 Å². The highest BCUT2D eigenvalue weighted by Crippen LogP contribution is 2.27. The van der Waals surface area contributed by atoms with Crippen LogP contribution in [0.5, 0.6) is 0 Å². The molecule has 1 heterocycles. The third-order valence-corrected chi connectivity index (χ3v) is 4.29. The largest absolute Gasteiger partial charge is 0.334 e. The van der Waals surface area contributed by atoms with E-state index in [-0.39, 0.29) is 17.5 Å². The predicted octanol–water partition coefficient (Wildman–Crippen LogP) is 5.43. The summed E-state index contributed by atoms with van der Waals surface area (Å²) in [6, 6.07) is 19.4. The quantitative estimate of drug-likeness (QED) is 0.444. The topological polar surface area (TPSA) is 56.0 Å². The van der Waals surface area contributed by atoms with E-state index >= 15 is 0 Å². The van der Waals surface area contributed by atoms with E-state index in [2.05, 4.69) is 10.1 Å². The summed E-state index contributed by atoms with van der Waals surface area (Å²) < 4.78 is 18.4. The fourth-order valence-corrected chi connectivity index (χ4v) is 2.80. The lowest BCUT2D eigenvalue weighted by Crippen LogP contribution is -2.03. The molecule has 4 rings (SSSR count). The van der Waals surface area contributed by atoms with Crippen molar-refractivity contribution in [2.75, 3.05) is 0 Å². The van der Waals surface area contributed by atoms with E-state index in [0.29, 0.717) is 33.1 Å². The Morgan fingerprint density at radius 2 is 1.63 bits per heavy atom. The number of aromatic nitrogens is 2. The molecule has 0 N–H and O–H groups in total. The molecular weight excluding hydrogens is 367 g/mol. The smallest absolute Gasteiger partial charge is 0.258 e. The maximum atomic E-state index is 13.1. The van der Waals surface area contributed by atoms with Gasteiger partial charge in [0.15, 0.2) is 5.78 Å². The summed E-state index contributed by atoms with van der Waals surface area (Å²) in [6.07, 6.45) is 0. The standard InChI is InChI=1S/C21H12ClFN2O2/c22-15-9-5-13(6-10-15)19(26)17-3-1-2-4-18(17)21-24-20(25-27-21)14-7-11-16(23)12-8-14/h1-12H. The van der Waals surface area contributed by atoms with Gasteiger partial charge in [0, 0.05) is 21.7 Å². The van der Waals surface area contributed by atoms with Gasteiger partial charge in [0.25, 0.3) is 5.89 Å². The van der Waals surface area contributed by atoms with Crippen molar-refractivity contribution in [3.8, 4) is 22.8 Å². The Labute approximate surface area is 159 Å². The maximum absolute atomic E-state index is 13.1. The summed E-state index contributed by atoms with van der Waals surface area (Å²) >= 11 is 5.89. The van der Waals surface area contributed by atoms with Crippen molar-refractivity contribution >= 4 is 17.4 Å². The summed E-state index contributed by atoms with van der Waals surface area (Å²) in [5.41, 5.74) is 2.09. The van der Waals surface area contributed by atoms with E-state index in [1.165, 1.54) is 12.1 Å². The van der Waals surface area contributed by atoms with Crippen molar-refractivity contribution in [3.63, 3.8) is 0 Å². The van der Waals surface area contributed by atoms with Crippen molar-refractivity contribution in [2.24, 2.45) is 0 Å². The molecule has 0 bridgehead atoms. The SMILES string of the molecule is O=C(c1ccc(Cl)cc1)c1ccccc1-c1nc(-c2ccc(F)cc2)no1. The van der Waals surface area contributed by atoms with Gasteiger partial charge in [0.2, 0.25) is 5.82 Å². The van der Waals surface area contributed by atoms with Crippen LogP contribution >= 0.6 is 11.6 Å². The number of carbonyl (C=O) groups excluding carboxylic acids is 1. The fraction of sp³-hybridized carbons (Fsp3) is 0. The normalized spacial score (nSPS) is 10.7. The maximum Gasteiger partial charge on any atom is 0.258 e. The van der Waals surface area contributed by atoms with E-state index in [4.69, 9.17) is 16.1 Å². The summed E-state index contributed by atoms with van der Waals surface area (Å²) in [5, 5.41) is 4.50. The van der Waals surface area contributed by atoms with Gasteiger partial charge in [0.1, 0.15) is 5.82 Å². The number of ketones is 1. The van der Waals surface area contributed by atoms with E-state index in [1.54, 1.807) is 60.7 Å². The first-order valence-corrected chi connectivity index (χ1v) is 8.49. The molecule has 0 spiro atoms. The first-order chi connectivity index (χ1) is 13.1. The zero-order chi connectivity index (χ0) is 18.8. The number of carbonyl (C=O) groups is 1. The molecule has 0 fully saturated rings. The number of hydrogen-bond acceptors (Lipinski definition) is 4. The lowest BCUT2D eigenvalue weighted by Gasteiger charge is -2.05. The minimum Gasteiger partial charge on any atom is -0.334 e. The van der Waals surface area contributed by atoms with Crippen LogP contribution in [-0.2, 0) is 0 Å². The summed E-state index contributed by atoms with van der Waals surface area (Å²) in [7, 11) is 0. The third kappa shape index (κ3) is 3.50. The van der Waals surface area contributed by atoms with Crippen molar-refractivity contribution in [2.45, 2.75) is 0 Å². The molecule has 0 saturated carbocycles. The number of hydrogen-bond donors (Lipinski definition) is 0. The summed E-state index contributed by atoms with van der Waals surface area (Å²) in [6.45, 7) is 0. The van der Waals surface area contributed by atoms with Crippen molar-refractivity contribution in [1.29, 1.82) is 0 Å².